The van der Waals surface area contributed by atoms with Crippen LogP contribution in [0.2, 0.25) is 5.02 Å². The highest BCUT2D eigenvalue weighted by Crippen LogP contribution is 2.23. The quantitative estimate of drug-likeness (QED) is 0.788. The van der Waals surface area contributed by atoms with Crippen LogP contribution in [0, 0.1) is 0 Å². The summed E-state index contributed by atoms with van der Waals surface area (Å²) in [6.07, 6.45) is -1.02. The monoisotopic (exact) mass is 416 g/mol. The van der Waals surface area contributed by atoms with Crippen molar-refractivity contribution < 1.29 is 14.6 Å². The van der Waals surface area contributed by atoms with E-state index in [0.29, 0.717) is 24.7 Å². The first-order valence-corrected chi connectivity index (χ1v) is 10.3. The first-order valence-electron chi connectivity index (χ1n) is 9.90. The molecule has 29 heavy (non-hydrogen) atoms. The average Bonchev–Trinajstić information content (AvgIpc) is 3.04. The molecule has 1 aliphatic rings. The molecule has 6 heteroatoms. The van der Waals surface area contributed by atoms with Gasteiger partial charge in [0, 0.05) is 24.7 Å². The van der Waals surface area contributed by atoms with Gasteiger partial charge in [0.2, 0.25) is 0 Å². The van der Waals surface area contributed by atoms with Gasteiger partial charge in [0.1, 0.15) is 5.60 Å². The average molecular weight is 417 g/mol. The molecule has 1 N–H and O–H groups in total. The van der Waals surface area contributed by atoms with Crippen molar-refractivity contribution in [1.82, 2.24) is 9.80 Å². The molecular formula is C23H29ClN2O3. The van der Waals surface area contributed by atoms with E-state index in [4.69, 9.17) is 16.3 Å². The lowest BCUT2D eigenvalue weighted by Gasteiger charge is -2.31. The van der Waals surface area contributed by atoms with Gasteiger partial charge in [-0.1, -0.05) is 54.1 Å². The molecule has 2 aromatic carbocycles. The number of aliphatic hydroxyl groups excluding tert-OH is 1. The summed E-state index contributed by atoms with van der Waals surface area (Å²) in [6, 6.07) is 17.7. The fourth-order valence-electron chi connectivity index (χ4n) is 3.54. The van der Waals surface area contributed by atoms with Gasteiger partial charge in [-0.3, -0.25) is 4.90 Å². The van der Waals surface area contributed by atoms with Crippen molar-refractivity contribution in [3.8, 4) is 0 Å². The van der Waals surface area contributed by atoms with Crippen LogP contribution >= 0.6 is 11.6 Å². The van der Waals surface area contributed by atoms with E-state index in [0.717, 1.165) is 11.1 Å². The van der Waals surface area contributed by atoms with Gasteiger partial charge in [-0.05, 0) is 44.0 Å². The summed E-state index contributed by atoms with van der Waals surface area (Å²) in [5, 5.41) is 11.5. The number of hydrogen-bond donors (Lipinski definition) is 1. The van der Waals surface area contributed by atoms with E-state index in [1.54, 1.807) is 4.90 Å². The molecule has 0 aromatic heterocycles. The molecule has 2 aromatic rings. The van der Waals surface area contributed by atoms with Crippen molar-refractivity contribution >= 4 is 17.7 Å². The first kappa shape index (κ1) is 21.6. The Hall–Kier alpha value is -2.08. The zero-order chi connectivity index (χ0) is 21.0. The van der Waals surface area contributed by atoms with Gasteiger partial charge in [0.25, 0.3) is 0 Å². The molecular weight excluding hydrogens is 388 g/mol. The van der Waals surface area contributed by atoms with E-state index in [-0.39, 0.29) is 18.7 Å². The molecule has 156 valence electrons. The molecule has 0 unspecified atom stereocenters. The molecule has 1 heterocycles. The largest absolute Gasteiger partial charge is 0.444 e. The van der Waals surface area contributed by atoms with Crippen LogP contribution < -0.4 is 0 Å². The van der Waals surface area contributed by atoms with E-state index in [9.17, 15) is 9.90 Å². The number of ether oxygens (including phenoxy) is 1. The van der Waals surface area contributed by atoms with Crippen LogP contribution in [0.25, 0.3) is 0 Å². The first-order chi connectivity index (χ1) is 13.7. The highest BCUT2D eigenvalue weighted by Gasteiger charge is 2.39. The number of nitrogens with zero attached hydrogens (tertiary/aromatic N) is 2. The molecule has 1 amide bonds. The van der Waals surface area contributed by atoms with Crippen LogP contribution in [0.1, 0.15) is 31.9 Å². The molecule has 3 rings (SSSR count). The lowest BCUT2D eigenvalue weighted by molar-refractivity contribution is 0.0269. The van der Waals surface area contributed by atoms with E-state index < -0.39 is 11.7 Å². The maximum absolute atomic E-state index is 12.5. The summed E-state index contributed by atoms with van der Waals surface area (Å²) in [6.45, 7) is 7.55. The minimum absolute atomic E-state index is 0.182. The predicted octanol–water partition coefficient (Wildman–Crippen LogP) is 4.32. The Morgan fingerprint density at radius 3 is 2.24 bits per heavy atom. The number of carbonyl (C=O) groups is 1. The Labute approximate surface area is 177 Å². The Morgan fingerprint density at radius 1 is 1.07 bits per heavy atom. The van der Waals surface area contributed by atoms with Gasteiger partial charge < -0.3 is 14.7 Å². The normalized spacial score (nSPS) is 19.6. The molecule has 0 bridgehead atoms. The van der Waals surface area contributed by atoms with Gasteiger partial charge in [-0.25, -0.2) is 4.79 Å². The van der Waals surface area contributed by atoms with Crippen molar-refractivity contribution in [1.29, 1.82) is 0 Å². The van der Waals surface area contributed by atoms with Crippen LogP contribution in [0.3, 0.4) is 0 Å². The summed E-state index contributed by atoms with van der Waals surface area (Å²) >= 11 is 6.02. The Bertz CT molecular complexity index is 805. The molecule has 1 saturated heterocycles. The van der Waals surface area contributed by atoms with Crippen molar-refractivity contribution in [3.63, 3.8) is 0 Å². The Morgan fingerprint density at radius 2 is 1.66 bits per heavy atom. The van der Waals surface area contributed by atoms with Crippen LogP contribution in [0.5, 0.6) is 0 Å². The highest BCUT2D eigenvalue weighted by atomic mass is 35.5. The third-order valence-electron chi connectivity index (χ3n) is 4.91. The number of carbonyl (C=O) groups excluding carboxylic acids is 1. The number of likely N-dealkylation sites (tertiary alicyclic amines) is 1. The molecule has 5 nitrogen and oxygen atoms in total. The minimum atomic E-state index is -0.640. The topological polar surface area (TPSA) is 53.0 Å². The highest BCUT2D eigenvalue weighted by molar-refractivity contribution is 6.30. The smallest absolute Gasteiger partial charge is 0.410 e. The molecule has 2 atom stereocenters. The molecule has 1 fully saturated rings. The van der Waals surface area contributed by atoms with Crippen LogP contribution in [0.4, 0.5) is 4.79 Å². The molecule has 0 aliphatic carbocycles. The maximum Gasteiger partial charge on any atom is 0.410 e. The second-order valence-electron chi connectivity index (χ2n) is 8.54. The summed E-state index contributed by atoms with van der Waals surface area (Å²) in [7, 11) is 0. The number of hydrogen-bond acceptors (Lipinski definition) is 4. The van der Waals surface area contributed by atoms with Gasteiger partial charge >= 0.3 is 6.09 Å². The maximum atomic E-state index is 12.5. The SMILES string of the molecule is CC(C)(C)OC(=O)N1C[C@@H](O)[C@H](N(Cc2ccccc2)Cc2ccc(Cl)cc2)C1. The van der Waals surface area contributed by atoms with E-state index in [1.807, 2.05) is 63.2 Å². The van der Waals surface area contributed by atoms with Crippen molar-refractivity contribution in [2.45, 2.75) is 51.6 Å². The van der Waals surface area contributed by atoms with E-state index >= 15 is 0 Å². The number of amides is 1. The summed E-state index contributed by atoms with van der Waals surface area (Å²) < 4.78 is 5.49. The fourth-order valence-corrected chi connectivity index (χ4v) is 3.66. The van der Waals surface area contributed by atoms with Crippen molar-refractivity contribution in [2.24, 2.45) is 0 Å². The molecule has 1 aliphatic heterocycles. The zero-order valence-electron chi connectivity index (χ0n) is 17.2. The third kappa shape index (κ3) is 6.20. The lowest BCUT2D eigenvalue weighted by atomic mass is 10.1. The summed E-state index contributed by atoms with van der Waals surface area (Å²) in [5.41, 5.74) is 1.70. The predicted molar refractivity (Wildman–Crippen MR) is 115 cm³/mol. The Kier molecular flexibility index (Phi) is 6.83. The molecule has 0 spiro atoms. The van der Waals surface area contributed by atoms with Gasteiger partial charge in [0.15, 0.2) is 0 Å². The van der Waals surface area contributed by atoms with Crippen LogP contribution in [-0.2, 0) is 17.8 Å². The van der Waals surface area contributed by atoms with Gasteiger partial charge in [-0.15, -0.1) is 0 Å². The van der Waals surface area contributed by atoms with Gasteiger partial charge in [0.05, 0.1) is 18.7 Å². The number of β-amino-alcohol motifs (C(OH)–C–C–N with tert-alkyl or cyclic N) is 1. The van der Waals surface area contributed by atoms with E-state index in [2.05, 4.69) is 17.0 Å². The number of rotatable bonds is 5. The standard InChI is InChI=1S/C23H29ClN2O3/c1-23(2,3)29-22(28)26-15-20(21(27)16-26)25(13-17-7-5-4-6-8-17)14-18-9-11-19(24)12-10-18/h4-12,20-21,27H,13-16H2,1-3H3/t20-,21-/m1/s1. The van der Waals surface area contributed by atoms with Gasteiger partial charge in [-0.2, -0.15) is 0 Å². The lowest BCUT2D eigenvalue weighted by Crippen LogP contribution is -2.43. The zero-order valence-corrected chi connectivity index (χ0v) is 18.0. The second-order valence-corrected chi connectivity index (χ2v) is 8.97. The third-order valence-corrected chi connectivity index (χ3v) is 5.16. The second kappa shape index (κ2) is 9.16. The fraction of sp³-hybridized carbons (Fsp3) is 0.435. The van der Waals surface area contributed by atoms with Crippen LogP contribution in [-0.4, -0.2) is 51.8 Å². The molecule has 0 saturated carbocycles. The number of halogens is 1. The summed E-state index contributed by atoms with van der Waals surface area (Å²) in [5.74, 6) is 0. The minimum Gasteiger partial charge on any atom is -0.444 e. The van der Waals surface area contributed by atoms with E-state index in [1.165, 1.54) is 0 Å². The number of aliphatic hydroxyl groups is 1. The van der Waals surface area contributed by atoms with Crippen LogP contribution in [0.15, 0.2) is 54.6 Å². The Balaban J connectivity index is 1.77. The molecule has 0 radical (unpaired) electrons. The van der Waals surface area contributed by atoms with Crippen molar-refractivity contribution in [2.75, 3.05) is 13.1 Å². The summed E-state index contributed by atoms with van der Waals surface area (Å²) in [4.78, 5) is 16.3. The number of benzene rings is 2. The van der Waals surface area contributed by atoms with Crippen molar-refractivity contribution in [3.05, 3.63) is 70.7 Å².